The van der Waals surface area contributed by atoms with Gasteiger partial charge in [-0.15, -0.1) is 0 Å². The van der Waals surface area contributed by atoms with Gasteiger partial charge in [-0.3, -0.25) is 4.79 Å². The molecular weight excluding hydrogens is 286 g/mol. The van der Waals surface area contributed by atoms with Crippen molar-refractivity contribution in [1.29, 1.82) is 0 Å². The minimum atomic E-state index is -3.15. The molecule has 2 atom stereocenters. The van der Waals surface area contributed by atoms with Crippen LogP contribution in [0.4, 0.5) is 0 Å². The largest absolute Gasteiger partial charge is 0.306 e. The summed E-state index contributed by atoms with van der Waals surface area (Å²) in [6, 6.07) is 12.8. The first-order valence-corrected chi connectivity index (χ1v) is 9.73. The third-order valence-electron chi connectivity index (χ3n) is 3.33. The second kappa shape index (κ2) is 5.64. The molecule has 0 aliphatic heterocycles. The van der Waals surface area contributed by atoms with E-state index in [-0.39, 0.29) is 5.52 Å². The Morgan fingerprint density at radius 2 is 1.50 bits per heavy atom. The number of benzene rings is 2. The Kier molecular flexibility index (Phi) is 4.28. The van der Waals surface area contributed by atoms with E-state index in [1.54, 1.807) is 24.3 Å². The van der Waals surface area contributed by atoms with Crippen LogP contribution in [0.15, 0.2) is 42.5 Å². The summed E-state index contributed by atoms with van der Waals surface area (Å²) in [4.78, 5) is 12.7. The van der Waals surface area contributed by atoms with Gasteiger partial charge in [-0.2, -0.15) is 0 Å². The average molecular weight is 304 g/mol. The van der Waals surface area contributed by atoms with Gasteiger partial charge in [0.25, 0.3) is 0 Å². The van der Waals surface area contributed by atoms with E-state index >= 15 is 0 Å². The number of rotatable bonds is 3. The molecule has 0 amide bonds. The number of carbonyl (C=O) groups excluding carboxylic acids is 1. The summed E-state index contributed by atoms with van der Waals surface area (Å²) >= 11 is 0. The van der Waals surface area contributed by atoms with Crippen molar-refractivity contribution in [2.24, 2.45) is 0 Å². The van der Waals surface area contributed by atoms with Crippen molar-refractivity contribution >= 4 is 26.6 Å². The summed E-state index contributed by atoms with van der Waals surface area (Å²) in [5, 5.41) is 0.578. The van der Waals surface area contributed by atoms with Gasteiger partial charge in [0.15, 0.2) is 6.83 Å². The van der Waals surface area contributed by atoms with Crippen molar-refractivity contribution in [1.82, 2.24) is 0 Å². The van der Waals surface area contributed by atoms with Crippen LogP contribution < -0.4 is 5.30 Å². The Balaban J connectivity index is 2.55. The summed E-state index contributed by atoms with van der Waals surface area (Å²) in [5.74, 6) is 0. The monoisotopic (exact) mass is 304 g/mol. The zero-order valence-corrected chi connectivity index (χ0v) is 13.9. The van der Waals surface area contributed by atoms with Crippen molar-refractivity contribution in [2.75, 3.05) is 0 Å². The maximum absolute atomic E-state index is 12.9. The van der Waals surface area contributed by atoms with Crippen LogP contribution in [0.3, 0.4) is 0 Å². The van der Waals surface area contributed by atoms with E-state index in [4.69, 9.17) is 0 Å². The van der Waals surface area contributed by atoms with Crippen LogP contribution in [0.2, 0.25) is 0 Å². The third-order valence-corrected chi connectivity index (χ3v) is 6.82. The Morgan fingerprint density at radius 1 is 1.00 bits per heavy atom. The maximum atomic E-state index is 12.9. The highest BCUT2D eigenvalue weighted by molar-refractivity contribution is 8.30. The van der Waals surface area contributed by atoms with Crippen LogP contribution in [0.5, 0.6) is 0 Å². The number of hydrogen-bond acceptors (Lipinski definition) is 2. The first kappa shape index (κ1) is 15.2. The van der Waals surface area contributed by atoms with Gasteiger partial charge < -0.3 is 4.57 Å². The fraction of sp³-hybridized carbons (Fsp3) is 0.188. The van der Waals surface area contributed by atoms with Crippen LogP contribution in [0, 0.1) is 20.8 Å². The van der Waals surface area contributed by atoms with E-state index in [1.165, 1.54) is 0 Å². The molecule has 104 valence electrons. The van der Waals surface area contributed by atoms with Crippen molar-refractivity contribution in [3.63, 3.8) is 0 Å². The van der Waals surface area contributed by atoms with Gasteiger partial charge >= 0.3 is 0 Å². The first-order valence-electron chi connectivity index (χ1n) is 6.41. The van der Waals surface area contributed by atoms with E-state index < -0.39 is 6.83 Å². The molecular formula is C16H18O2P2. The normalized spacial score (nSPS) is 13.8. The fourth-order valence-electron chi connectivity index (χ4n) is 2.45. The molecule has 2 nitrogen and oxygen atoms in total. The molecule has 2 aromatic rings. The SMILES string of the molecule is Cc1cc(C)c(C(=O)P(=O)(P)c2ccccc2)c(C)c1. The molecule has 2 unspecified atom stereocenters. The third kappa shape index (κ3) is 2.77. The predicted molar refractivity (Wildman–Crippen MR) is 88.4 cm³/mol. The molecule has 0 bridgehead atoms. The minimum Gasteiger partial charge on any atom is -0.306 e. The maximum Gasteiger partial charge on any atom is 0.229 e. The van der Waals surface area contributed by atoms with Gasteiger partial charge in [-0.1, -0.05) is 57.0 Å². The van der Waals surface area contributed by atoms with Crippen LogP contribution in [-0.2, 0) is 4.57 Å². The summed E-state index contributed by atoms with van der Waals surface area (Å²) in [5.41, 5.74) is 3.16. The molecule has 0 saturated heterocycles. The molecule has 0 radical (unpaired) electrons. The highest BCUT2D eigenvalue weighted by atomic mass is 32.0. The molecule has 2 rings (SSSR count). The summed E-state index contributed by atoms with van der Waals surface area (Å²) in [6.07, 6.45) is 0. The zero-order valence-electron chi connectivity index (χ0n) is 11.9. The summed E-state index contributed by atoms with van der Waals surface area (Å²) in [7, 11) is 2.28. The molecule has 0 N–H and O–H groups in total. The number of aryl methyl sites for hydroxylation is 3. The molecule has 4 heteroatoms. The molecule has 0 fully saturated rings. The van der Waals surface area contributed by atoms with E-state index in [0.717, 1.165) is 16.7 Å². The molecule has 0 heterocycles. The van der Waals surface area contributed by atoms with Crippen molar-refractivity contribution < 1.29 is 9.36 Å². The van der Waals surface area contributed by atoms with Crippen molar-refractivity contribution in [3.8, 4) is 0 Å². The van der Waals surface area contributed by atoms with E-state index in [2.05, 4.69) is 8.93 Å². The van der Waals surface area contributed by atoms with Crippen LogP contribution in [-0.4, -0.2) is 5.52 Å². The summed E-state index contributed by atoms with van der Waals surface area (Å²) < 4.78 is 12.9. The smallest absolute Gasteiger partial charge is 0.229 e. The topological polar surface area (TPSA) is 34.1 Å². The molecule has 2 aromatic carbocycles. The van der Waals surface area contributed by atoms with Gasteiger partial charge in [0, 0.05) is 10.9 Å². The lowest BCUT2D eigenvalue weighted by molar-refractivity contribution is 0.107. The van der Waals surface area contributed by atoms with E-state index in [1.807, 2.05) is 39.0 Å². The predicted octanol–water partition coefficient (Wildman–Crippen LogP) is 4.23. The Hall–Kier alpha value is -1.23. The lowest BCUT2D eigenvalue weighted by Crippen LogP contribution is -2.11. The van der Waals surface area contributed by atoms with Crippen LogP contribution in [0.1, 0.15) is 27.0 Å². The van der Waals surface area contributed by atoms with E-state index in [0.29, 0.717) is 10.9 Å². The van der Waals surface area contributed by atoms with Crippen LogP contribution >= 0.6 is 15.8 Å². The fourth-order valence-corrected chi connectivity index (χ4v) is 4.89. The highest BCUT2D eigenvalue weighted by Crippen LogP contribution is 2.56. The highest BCUT2D eigenvalue weighted by Gasteiger charge is 2.31. The lowest BCUT2D eigenvalue weighted by Gasteiger charge is -2.16. The number of hydrogen-bond donors (Lipinski definition) is 0. The zero-order chi connectivity index (χ0) is 14.9. The second-order valence-corrected chi connectivity index (χ2v) is 9.49. The molecule has 0 saturated carbocycles. The summed E-state index contributed by atoms with van der Waals surface area (Å²) in [6.45, 7) is 2.63. The quantitative estimate of drug-likeness (QED) is 0.795. The van der Waals surface area contributed by atoms with Gasteiger partial charge in [0.1, 0.15) is 0 Å². The Morgan fingerprint density at radius 3 is 2.00 bits per heavy atom. The van der Waals surface area contributed by atoms with Gasteiger partial charge in [0.05, 0.1) is 0 Å². The molecule has 0 spiro atoms. The Bertz CT molecular complexity index is 683. The lowest BCUT2D eigenvalue weighted by atomic mass is 10.0. The number of carbonyl (C=O) groups is 1. The van der Waals surface area contributed by atoms with Gasteiger partial charge in [-0.25, -0.2) is 0 Å². The van der Waals surface area contributed by atoms with E-state index in [9.17, 15) is 9.36 Å². The first-order chi connectivity index (χ1) is 9.34. The second-order valence-electron chi connectivity index (χ2n) is 5.07. The Labute approximate surface area is 122 Å². The van der Waals surface area contributed by atoms with Gasteiger partial charge in [-0.05, 0) is 31.9 Å². The minimum absolute atomic E-state index is 0.288. The molecule has 0 aliphatic rings. The standard InChI is InChI=1S/C16H18O2P2/c1-11-9-12(2)15(13(3)10-11)16(17)20(18,19)14-7-5-4-6-8-14/h4-10H,19H2,1-3H3. The molecule has 0 aliphatic carbocycles. The van der Waals surface area contributed by atoms with Crippen molar-refractivity contribution in [3.05, 3.63) is 64.7 Å². The average Bonchev–Trinajstić information content (AvgIpc) is 2.38. The van der Waals surface area contributed by atoms with Gasteiger partial charge in [0.2, 0.25) is 5.52 Å². The molecule has 20 heavy (non-hydrogen) atoms. The van der Waals surface area contributed by atoms with Crippen molar-refractivity contribution in [2.45, 2.75) is 20.8 Å². The molecule has 0 aromatic heterocycles. The van der Waals surface area contributed by atoms with Crippen LogP contribution in [0.25, 0.3) is 0 Å².